The van der Waals surface area contributed by atoms with Crippen molar-refractivity contribution in [3.63, 3.8) is 0 Å². The number of carbonyl (C=O) groups is 2. The molecule has 0 radical (unpaired) electrons. The summed E-state index contributed by atoms with van der Waals surface area (Å²) in [6, 6.07) is 23.3. The lowest BCUT2D eigenvalue weighted by molar-refractivity contribution is -0.118. The molecule has 2 N–H and O–H groups in total. The van der Waals surface area contributed by atoms with Crippen LogP contribution >= 0.6 is 0 Å². The van der Waals surface area contributed by atoms with Gasteiger partial charge in [-0.25, -0.2) is 9.07 Å². The molecule has 3 aromatic carbocycles. The molecule has 0 aliphatic carbocycles. The van der Waals surface area contributed by atoms with Gasteiger partial charge < -0.3 is 10.6 Å². The number of fused-ring (bicyclic) bond motifs is 1. The molecule has 7 heteroatoms. The van der Waals surface area contributed by atoms with Crippen molar-refractivity contribution in [2.45, 2.75) is 18.9 Å². The Bertz CT molecular complexity index is 1340. The van der Waals surface area contributed by atoms with Crippen molar-refractivity contribution in [2.24, 2.45) is 0 Å². The van der Waals surface area contributed by atoms with E-state index in [4.69, 9.17) is 0 Å². The second kappa shape index (κ2) is 8.35. The molecule has 0 bridgehead atoms. The smallest absolute Gasteiger partial charge is 0.251 e. The largest absolute Gasteiger partial charge is 0.339 e. The Morgan fingerprint density at radius 3 is 2.39 bits per heavy atom. The number of aryl methyl sites for hydroxylation is 1. The number of benzene rings is 3. The molecule has 2 heterocycles. The Hall–Kier alpha value is -4.26. The van der Waals surface area contributed by atoms with Gasteiger partial charge >= 0.3 is 0 Å². The fraction of sp³-hybridized carbons (Fsp3) is 0.115. The van der Waals surface area contributed by atoms with Crippen LogP contribution in [0.5, 0.6) is 0 Å². The molecule has 164 valence electrons. The summed E-state index contributed by atoms with van der Waals surface area (Å²) >= 11 is 0. The minimum Gasteiger partial charge on any atom is -0.339 e. The normalized spacial score (nSPS) is 17.2. The third-order valence-electron chi connectivity index (χ3n) is 5.81. The van der Waals surface area contributed by atoms with E-state index in [9.17, 15) is 14.0 Å². The highest BCUT2D eigenvalue weighted by Gasteiger charge is 2.42. The second-order valence-electron chi connectivity index (χ2n) is 7.93. The van der Waals surface area contributed by atoms with E-state index in [2.05, 4.69) is 15.7 Å². The highest BCUT2D eigenvalue weighted by Crippen LogP contribution is 2.40. The van der Waals surface area contributed by atoms with Crippen molar-refractivity contribution in [2.75, 3.05) is 5.32 Å². The molecule has 0 unspecified atom stereocenters. The standard InChI is InChI=1S/C26H21FN4O2/c1-16-21-22(18-11-8-12-19(27)15-18)23(28-25(32)17-9-4-2-5-10-17)26(33)29-24(21)31(30-16)20-13-6-3-7-14-20/h2-15,22-23H,1H3,(H,28,32)(H,29,33)/t22-,23-/m1/s1. The van der Waals surface area contributed by atoms with Gasteiger partial charge in [-0.3, -0.25) is 9.59 Å². The molecule has 2 atom stereocenters. The van der Waals surface area contributed by atoms with Crippen molar-refractivity contribution in [3.05, 3.63) is 113 Å². The zero-order valence-corrected chi connectivity index (χ0v) is 17.8. The highest BCUT2D eigenvalue weighted by molar-refractivity contribution is 6.04. The Morgan fingerprint density at radius 1 is 1.00 bits per heavy atom. The quantitative estimate of drug-likeness (QED) is 0.499. The Labute approximate surface area is 190 Å². The monoisotopic (exact) mass is 440 g/mol. The third-order valence-corrected chi connectivity index (χ3v) is 5.81. The molecule has 5 rings (SSSR count). The van der Waals surface area contributed by atoms with Crippen LogP contribution in [0.25, 0.3) is 5.69 Å². The van der Waals surface area contributed by atoms with E-state index in [-0.39, 0.29) is 5.91 Å². The lowest BCUT2D eigenvalue weighted by Gasteiger charge is -2.32. The molecule has 2 amide bonds. The number of para-hydroxylation sites is 1. The number of hydrogen-bond acceptors (Lipinski definition) is 3. The average Bonchev–Trinajstić information content (AvgIpc) is 3.16. The summed E-state index contributed by atoms with van der Waals surface area (Å²) < 4.78 is 15.9. The van der Waals surface area contributed by atoms with E-state index < -0.39 is 23.7 Å². The molecule has 0 saturated carbocycles. The van der Waals surface area contributed by atoms with E-state index in [1.165, 1.54) is 12.1 Å². The first-order valence-corrected chi connectivity index (χ1v) is 10.6. The minimum absolute atomic E-state index is 0.381. The maximum absolute atomic E-state index is 14.2. The van der Waals surface area contributed by atoms with Gasteiger partial charge in [-0.15, -0.1) is 0 Å². The number of carbonyl (C=O) groups excluding carboxylic acids is 2. The van der Waals surface area contributed by atoms with Crippen LogP contribution in [0.2, 0.25) is 0 Å². The average molecular weight is 440 g/mol. The van der Waals surface area contributed by atoms with Crippen molar-refractivity contribution in [3.8, 4) is 5.69 Å². The second-order valence-corrected chi connectivity index (χ2v) is 7.93. The predicted molar refractivity (Wildman–Crippen MR) is 123 cm³/mol. The highest BCUT2D eigenvalue weighted by atomic mass is 19.1. The fourth-order valence-corrected chi connectivity index (χ4v) is 4.32. The molecule has 0 spiro atoms. The first-order chi connectivity index (χ1) is 16.0. The summed E-state index contributed by atoms with van der Waals surface area (Å²) in [7, 11) is 0. The van der Waals surface area contributed by atoms with E-state index in [0.717, 1.165) is 11.3 Å². The number of halogens is 1. The Kier molecular flexibility index (Phi) is 5.22. The first kappa shape index (κ1) is 20.6. The van der Waals surface area contributed by atoms with Gasteiger partial charge in [0, 0.05) is 17.0 Å². The van der Waals surface area contributed by atoms with Crippen molar-refractivity contribution in [1.29, 1.82) is 0 Å². The van der Waals surface area contributed by atoms with Crippen molar-refractivity contribution in [1.82, 2.24) is 15.1 Å². The molecular formula is C26H21FN4O2. The molecule has 0 fully saturated rings. The molecule has 1 aliphatic heterocycles. The number of nitrogens with one attached hydrogen (secondary N) is 2. The van der Waals surface area contributed by atoms with Crippen LogP contribution in [0.3, 0.4) is 0 Å². The minimum atomic E-state index is -0.945. The topological polar surface area (TPSA) is 76.0 Å². The van der Waals surface area contributed by atoms with Gasteiger partial charge in [0.1, 0.15) is 17.7 Å². The third kappa shape index (κ3) is 3.78. The van der Waals surface area contributed by atoms with Gasteiger partial charge in [-0.1, -0.05) is 48.5 Å². The molecule has 33 heavy (non-hydrogen) atoms. The van der Waals surface area contributed by atoms with Gasteiger partial charge in [0.2, 0.25) is 5.91 Å². The SMILES string of the molecule is Cc1nn(-c2ccccc2)c2c1[C@@H](c1cccc(F)c1)[C@@H](NC(=O)c1ccccc1)C(=O)N2. The van der Waals surface area contributed by atoms with E-state index in [1.54, 1.807) is 41.1 Å². The van der Waals surface area contributed by atoms with E-state index >= 15 is 0 Å². The molecule has 0 saturated heterocycles. The Balaban J connectivity index is 1.64. The number of nitrogens with zero attached hydrogens (tertiary/aromatic N) is 2. The number of anilines is 1. The summed E-state index contributed by atoms with van der Waals surface area (Å²) in [4.78, 5) is 26.3. The zero-order valence-electron chi connectivity index (χ0n) is 17.8. The summed E-state index contributed by atoms with van der Waals surface area (Å²) in [5, 5.41) is 10.4. The molecular weight excluding hydrogens is 419 g/mol. The van der Waals surface area contributed by atoms with Crippen molar-refractivity contribution < 1.29 is 14.0 Å². The lowest BCUT2D eigenvalue weighted by Crippen LogP contribution is -2.50. The first-order valence-electron chi connectivity index (χ1n) is 10.6. The number of rotatable bonds is 4. The predicted octanol–water partition coefficient (Wildman–Crippen LogP) is 4.20. The molecule has 6 nitrogen and oxygen atoms in total. The molecule has 4 aromatic rings. The fourth-order valence-electron chi connectivity index (χ4n) is 4.32. The van der Waals surface area contributed by atoms with E-state index in [0.29, 0.717) is 22.6 Å². The van der Waals surface area contributed by atoms with Crippen LogP contribution in [0.4, 0.5) is 10.2 Å². The lowest BCUT2D eigenvalue weighted by atomic mass is 9.81. The molecule has 1 aliphatic rings. The maximum atomic E-state index is 14.2. The number of aromatic nitrogens is 2. The Morgan fingerprint density at radius 2 is 1.70 bits per heavy atom. The zero-order chi connectivity index (χ0) is 22.9. The van der Waals surface area contributed by atoms with Crippen LogP contribution in [-0.4, -0.2) is 27.6 Å². The van der Waals surface area contributed by atoms with Crippen molar-refractivity contribution >= 4 is 17.6 Å². The van der Waals surface area contributed by atoms with Gasteiger partial charge in [0.25, 0.3) is 5.91 Å². The number of hydrogen-bond donors (Lipinski definition) is 2. The maximum Gasteiger partial charge on any atom is 0.251 e. The van der Waals surface area contributed by atoms with Gasteiger partial charge in [0.05, 0.1) is 11.4 Å². The molecule has 1 aromatic heterocycles. The summed E-state index contributed by atoms with van der Waals surface area (Å²) in [5.41, 5.74) is 3.22. The van der Waals surface area contributed by atoms with Crippen LogP contribution in [-0.2, 0) is 4.79 Å². The number of amides is 2. The van der Waals surface area contributed by atoms with Crippen LogP contribution in [0, 0.1) is 12.7 Å². The van der Waals surface area contributed by atoms with Crippen LogP contribution in [0.1, 0.15) is 33.1 Å². The van der Waals surface area contributed by atoms with Gasteiger partial charge in [-0.2, -0.15) is 5.10 Å². The summed E-state index contributed by atoms with van der Waals surface area (Å²) in [6.07, 6.45) is 0. The van der Waals surface area contributed by atoms with Gasteiger partial charge in [0.15, 0.2) is 0 Å². The van der Waals surface area contributed by atoms with E-state index in [1.807, 2.05) is 43.3 Å². The van der Waals surface area contributed by atoms with Gasteiger partial charge in [-0.05, 0) is 48.9 Å². The van der Waals surface area contributed by atoms with Crippen LogP contribution < -0.4 is 10.6 Å². The summed E-state index contributed by atoms with van der Waals surface area (Å²) in [5.74, 6) is -1.29. The summed E-state index contributed by atoms with van der Waals surface area (Å²) in [6.45, 7) is 1.85. The van der Waals surface area contributed by atoms with Crippen LogP contribution in [0.15, 0.2) is 84.9 Å².